The van der Waals surface area contributed by atoms with Crippen molar-refractivity contribution in [2.24, 2.45) is 5.73 Å². The summed E-state index contributed by atoms with van der Waals surface area (Å²) < 4.78 is 1.22. The van der Waals surface area contributed by atoms with E-state index in [9.17, 15) is 0 Å². The molecule has 0 bridgehead atoms. The molecule has 0 aliphatic carbocycles. The van der Waals surface area contributed by atoms with Crippen LogP contribution in [0.5, 0.6) is 0 Å². The van der Waals surface area contributed by atoms with E-state index in [0.717, 1.165) is 25.9 Å². The zero-order chi connectivity index (χ0) is 10.8. The molecule has 1 aromatic rings. The van der Waals surface area contributed by atoms with Gasteiger partial charge in [-0.2, -0.15) is 0 Å². The standard InChI is InChI=1S/C11H17BrN2S/c1-8-4-10(13)2-3-14(8)6-9-5-11(12)15-7-9/h5,7-8,10H,2-4,6,13H2,1H3. The third kappa shape index (κ3) is 3.03. The monoisotopic (exact) mass is 288 g/mol. The van der Waals surface area contributed by atoms with Crippen LogP contribution >= 0.6 is 27.3 Å². The molecule has 4 heteroatoms. The van der Waals surface area contributed by atoms with Crippen molar-refractivity contribution in [3.8, 4) is 0 Å². The lowest BCUT2D eigenvalue weighted by Crippen LogP contribution is -2.44. The summed E-state index contributed by atoms with van der Waals surface area (Å²) in [5, 5.41) is 2.23. The van der Waals surface area contributed by atoms with Crippen molar-refractivity contribution < 1.29 is 0 Å². The zero-order valence-electron chi connectivity index (χ0n) is 8.95. The molecule has 0 radical (unpaired) electrons. The maximum Gasteiger partial charge on any atom is 0.0701 e. The van der Waals surface area contributed by atoms with Crippen LogP contribution < -0.4 is 5.73 Å². The molecule has 1 aliphatic rings. The van der Waals surface area contributed by atoms with Crippen LogP contribution in [0.1, 0.15) is 25.3 Å². The van der Waals surface area contributed by atoms with Crippen LogP contribution in [0.25, 0.3) is 0 Å². The van der Waals surface area contributed by atoms with Crippen molar-refractivity contribution in [2.45, 2.75) is 38.4 Å². The number of piperidine rings is 1. The molecular weight excluding hydrogens is 272 g/mol. The minimum Gasteiger partial charge on any atom is -0.328 e. The van der Waals surface area contributed by atoms with E-state index in [1.165, 1.54) is 9.35 Å². The largest absolute Gasteiger partial charge is 0.328 e. The summed E-state index contributed by atoms with van der Waals surface area (Å²) >= 11 is 5.26. The Morgan fingerprint density at radius 3 is 3.07 bits per heavy atom. The number of halogens is 1. The van der Waals surface area contributed by atoms with E-state index < -0.39 is 0 Å². The van der Waals surface area contributed by atoms with Crippen LogP contribution in [0.4, 0.5) is 0 Å². The summed E-state index contributed by atoms with van der Waals surface area (Å²) in [5.74, 6) is 0. The Morgan fingerprint density at radius 1 is 1.67 bits per heavy atom. The number of nitrogens with two attached hydrogens (primary N) is 1. The maximum absolute atomic E-state index is 5.95. The van der Waals surface area contributed by atoms with Crippen molar-refractivity contribution >= 4 is 27.3 Å². The molecular formula is C11H17BrN2S. The van der Waals surface area contributed by atoms with Crippen molar-refractivity contribution in [3.05, 3.63) is 20.8 Å². The molecule has 1 saturated heterocycles. The molecule has 1 aromatic heterocycles. The van der Waals surface area contributed by atoms with Crippen molar-refractivity contribution in [1.29, 1.82) is 0 Å². The molecule has 0 spiro atoms. The molecule has 1 aliphatic heterocycles. The molecule has 2 nitrogen and oxygen atoms in total. The summed E-state index contributed by atoms with van der Waals surface area (Å²) in [6.45, 7) is 4.48. The fraction of sp³-hybridized carbons (Fsp3) is 0.636. The van der Waals surface area contributed by atoms with Gasteiger partial charge in [0.25, 0.3) is 0 Å². The number of hydrogen-bond donors (Lipinski definition) is 1. The molecule has 2 unspecified atom stereocenters. The van der Waals surface area contributed by atoms with Gasteiger partial charge in [-0.1, -0.05) is 0 Å². The fourth-order valence-electron chi connectivity index (χ4n) is 2.16. The van der Waals surface area contributed by atoms with Crippen LogP contribution in [0.2, 0.25) is 0 Å². The third-order valence-corrected chi connectivity index (χ3v) is 4.62. The van der Waals surface area contributed by atoms with Crippen LogP contribution in [0, 0.1) is 0 Å². The summed E-state index contributed by atoms with van der Waals surface area (Å²) in [5.41, 5.74) is 7.36. The summed E-state index contributed by atoms with van der Waals surface area (Å²) in [4.78, 5) is 2.53. The van der Waals surface area contributed by atoms with Crippen molar-refractivity contribution in [2.75, 3.05) is 6.54 Å². The molecule has 0 aromatic carbocycles. The Morgan fingerprint density at radius 2 is 2.47 bits per heavy atom. The predicted molar refractivity (Wildman–Crippen MR) is 69.1 cm³/mol. The average molecular weight is 289 g/mol. The predicted octanol–water partition coefficient (Wildman–Crippen LogP) is 2.82. The van der Waals surface area contributed by atoms with Crippen LogP contribution in [-0.2, 0) is 6.54 Å². The molecule has 1 fully saturated rings. The van der Waals surface area contributed by atoms with Gasteiger partial charge in [-0.05, 0) is 52.7 Å². The third-order valence-electron chi connectivity index (χ3n) is 3.06. The van der Waals surface area contributed by atoms with Crippen molar-refractivity contribution in [3.63, 3.8) is 0 Å². The van der Waals surface area contributed by atoms with Gasteiger partial charge in [0.2, 0.25) is 0 Å². The quantitative estimate of drug-likeness (QED) is 0.907. The van der Waals surface area contributed by atoms with Crippen LogP contribution in [-0.4, -0.2) is 23.5 Å². The minimum absolute atomic E-state index is 0.408. The molecule has 0 amide bonds. The Balaban J connectivity index is 1.94. The molecule has 84 valence electrons. The molecule has 0 saturated carbocycles. The number of likely N-dealkylation sites (tertiary alicyclic amines) is 1. The summed E-state index contributed by atoms with van der Waals surface area (Å²) in [6.07, 6.45) is 2.26. The lowest BCUT2D eigenvalue weighted by molar-refractivity contribution is 0.140. The van der Waals surface area contributed by atoms with Crippen LogP contribution in [0.15, 0.2) is 15.2 Å². The highest BCUT2D eigenvalue weighted by Gasteiger charge is 2.23. The first-order valence-electron chi connectivity index (χ1n) is 5.37. The fourth-order valence-corrected chi connectivity index (χ4v) is 3.36. The first-order valence-corrected chi connectivity index (χ1v) is 7.05. The molecule has 15 heavy (non-hydrogen) atoms. The molecule has 2 atom stereocenters. The highest BCUT2D eigenvalue weighted by molar-refractivity contribution is 9.11. The van der Waals surface area contributed by atoms with Gasteiger partial charge in [0.15, 0.2) is 0 Å². The first-order chi connectivity index (χ1) is 7.15. The smallest absolute Gasteiger partial charge is 0.0701 e. The van der Waals surface area contributed by atoms with E-state index >= 15 is 0 Å². The average Bonchev–Trinajstić information content (AvgIpc) is 2.56. The molecule has 2 N–H and O–H groups in total. The van der Waals surface area contributed by atoms with Crippen LogP contribution in [0.3, 0.4) is 0 Å². The number of thiophene rings is 1. The van der Waals surface area contributed by atoms with E-state index in [0.29, 0.717) is 12.1 Å². The molecule has 2 heterocycles. The van der Waals surface area contributed by atoms with Gasteiger partial charge in [0, 0.05) is 25.2 Å². The normalized spacial score (nSPS) is 28.2. The zero-order valence-corrected chi connectivity index (χ0v) is 11.4. The lowest BCUT2D eigenvalue weighted by Gasteiger charge is -2.36. The Labute approximate surface area is 104 Å². The second-order valence-corrected chi connectivity index (χ2v) is 6.65. The van der Waals surface area contributed by atoms with Gasteiger partial charge in [0.1, 0.15) is 0 Å². The van der Waals surface area contributed by atoms with Gasteiger partial charge >= 0.3 is 0 Å². The minimum atomic E-state index is 0.408. The second-order valence-electron chi connectivity index (χ2n) is 4.36. The SMILES string of the molecule is CC1CC(N)CCN1Cc1csc(Br)c1. The Kier molecular flexibility index (Phi) is 3.83. The van der Waals surface area contributed by atoms with Gasteiger partial charge in [-0.25, -0.2) is 0 Å². The summed E-state index contributed by atoms with van der Waals surface area (Å²) in [7, 11) is 0. The highest BCUT2D eigenvalue weighted by Crippen LogP contribution is 2.24. The van der Waals surface area contributed by atoms with Gasteiger partial charge in [-0.3, -0.25) is 4.90 Å². The first kappa shape index (κ1) is 11.6. The molecule has 2 rings (SSSR count). The van der Waals surface area contributed by atoms with E-state index in [1.807, 2.05) is 0 Å². The lowest BCUT2D eigenvalue weighted by atomic mass is 9.99. The van der Waals surface area contributed by atoms with Gasteiger partial charge in [0.05, 0.1) is 3.79 Å². The van der Waals surface area contributed by atoms with E-state index in [-0.39, 0.29) is 0 Å². The number of rotatable bonds is 2. The van der Waals surface area contributed by atoms with Gasteiger partial charge in [-0.15, -0.1) is 11.3 Å². The number of hydrogen-bond acceptors (Lipinski definition) is 3. The van der Waals surface area contributed by atoms with Gasteiger partial charge < -0.3 is 5.73 Å². The topological polar surface area (TPSA) is 29.3 Å². The van der Waals surface area contributed by atoms with Crippen molar-refractivity contribution in [1.82, 2.24) is 4.90 Å². The summed E-state index contributed by atoms with van der Waals surface area (Å²) in [6, 6.07) is 3.24. The Hall–Kier alpha value is 0.100. The van der Waals surface area contributed by atoms with E-state index in [1.54, 1.807) is 11.3 Å². The Bertz CT molecular complexity index is 326. The van der Waals surface area contributed by atoms with E-state index in [4.69, 9.17) is 5.73 Å². The second kappa shape index (κ2) is 4.95. The highest BCUT2D eigenvalue weighted by atomic mass is 79.9. The van der Waals surface area contributed by atoms with E-state index in [2.05, 4.69) is 39.2 Å². The maximum atomic E-state index is 5.95. The number of nitrogens with zero attached hydrogens (tertiary/aromatic N) is 1.